The minimum Gasteiger partial charge on any atom is -0.382 e. The summed E-state index contributed by atoms with van der Waals surface area (Å²) in [5, 5.41) is 0. The zero-order chi connectivity index (χ0) is 11.1. The molecule has 0 saturated carbocycles. The summed E-state index contributed by atoms with van der Waals surface area (Å²) in [7, 11) is 1.65. The van der Waals surface area contributed by atoms with Crippen molar-refractivity contribution in [1.82, 2.24) is 5.48 Å². The second-order valence-corrected chi connectivity index (χ2v) is 4.11. The molecular weight excluding hydrogens is 258 g/mol. The fourth-order valence-corrected chi connectivity index (χ4v) is 1.76. The van der Waals surface area contributed by atoms with Crippen molar-refractivity contribution in [2.24, 2.45) is 0 Å². The van der Waals surface area contributed by atoms with Crippen molar-refractivity contribution >= 4 is 15.9 Å². The van der Waals surface area contributed by atoms with E-state index in [1.165, 1.54) is 11.1 Å². The third-order valence-electron chi connectivity index (χ3n) is 1.96. The van der Waals surface area contributed by atoms with Gasteiger partial charge in [-0.2, -0.15) is 5.48 Å². The van der Waals surface area contributed by atoms with E-state index in [4.69, 9.17) is 9.57 Å². The molecule has 1 aromatic rings. The van der Waals surface area contributed by atoms with Crippen molar-refractivity contribution in [3.8, 4) is 0 Å². The monoisotopic (exact) mass is 273 g/mol. The molecule has 0 fully saturated rings. The molecule has 0 aliphatic carbocycles. The van der Waals surface area contributed by atoms with Gasteiger partial charge in [0.05, 0.1) is 13.2 Å². The Morgan fingerprint density at radius 2 is 2.13 bits per heavy atom. The number of benzene rings is 1. The van der Waals surface area contributed by atoms with Crippen LogP contribution in [0.3, 0.4) is 0 Å². The van der Waals surface area contributed by atoms with Crippen LogP contribution in [0.4, 0.5) is 0 Å². The Balaban J connectivity index is 2.31. The van der Waals surface area contributed by atoms with Gasteiger partial charge in [-0.3, -0.25) is 4.84 Å². The van der Waals surface area contributed by atoms with Crippen molar-refractivity contribution in [2.45, 2.75) is 13.5 Å². The largest absolute Gasteiger partial charge is 0.382 e. The van der Waals surface area contributed by atoms with E-state index in [9.17, 15) is 0 Å². The van der Waals surface area contributed by atoms with Crippen LogP contribution >= 0.6 is 15.9 Å². The Bertz CT molecular complexity index is 305. The predicted molar refractivity (Wildman–Crippen MR) is 63.5 cm³/mol. The van der Waals surface area contributed by atoms with E-state index in [-0.39, 0.29) is 0 Å². The highest BCUT2D eigenvalue weighted by atomic mass is 79.9. The molecule has 0 saturated heterocycles. The summed E-state index contributed by atoms with van der Waals surface area (Å²) in [5.41, 5.74) is 5.31. The van der Waals surface area contributed by atoms with Crippen molar-refractivity contribution < 1.29 is 9.57 Å². The lowest BCUT2D eigenvalue weighted by molar-refractivity contribution is 0.00338. The van der Waals surface area contributed by atoms with Crippen molar-refractivity contribution in [1.29, 1.82) is 0 Å². The van der Waals surface area contributed by atoms with Crippen LogP contribution in [0.5, 0.6) is 0 Å². The first-order chi connectivity index (χ1) is 7.24. The van der Waals surface area contributed by atoms with Gasteiger partial charge in [0.15, 0.2) is 0 Å². The van der Waals surface area contributed by atoms with Gasteiger partial charge in [-0.1, -0.05) is 28.1 Å². The third-order valence-corrected chi connectivity index (χ3v) is 2.70. The number of rotatable bonds is 6. The molecule has 15 heavy (non-hydrogen) atoms. The lowest BCUT2D eigenvalue weighted by atomic mass is 10.1. The highest BCUT2D eigenvalue weighted by molar-refractivity contribution is 9.10. The molecule has 1 N–H and O–H groups in total. The molecule has 0 spiro atoms. The van der Waals surface area contributed by atoms with Crippen LogP contribution in [0.2, 0.25) is 0 Å². The van der Waals surface area contributed by atoms with Crippen LogP contribution in [0.1, 0.15) is 11.1 Å². The van der Waals surface area contributed by atoms with E-state index in [0.717, 1.165) is 4.47 Å². The molecule has 1 rings (SSSR count). The van der Waals surface area contributed by atoms with Gasteiger partial charge >= 0.3 is 0 Å². The zero-order valence-electron chi connectivity index (χ0n) is 9.05. The smallest absolute Gasteiger partial charge is 0.0916 e. The lowest BCUT2D eigenvalue weighted by Crippen LogP contribution is -2.17. The van der Waals surface area contributed by atoms with Gasteiger partial charge in [-0.05, 0) is 24.1 Å². The van der Waals surface area contributed by atoms with Gasteiger partial charge in [0.1, 0.15) is 0 Å². The summed E-state index contributed by atoms with van der Waals surface area (Å²) in [4.78, 5) is 5.17. The normalized spacial score (nSPS) is 10.6. The Morgan fingerprint density at radius 3 is 2.80 bits per heavy atom. The fourth-order valence-electron chi connectivity index (χ4n) is 1.12. The van der Waals surface area contributed by atoms with Crippen LogP contribution in [-0.4, -0.2) is 20.3 Å². The first-order valence-corrected chi connectivity index (χ1v) is 5.62. The van der Waals surface area contributed by atoms with Crippen molar-refractivity contribution in [3.05, 3.63) is 33.8 Å². The number of aryl methyl sites for hydroxylation is 1. The number of hydrogen-bond acceptors (Lipinski definition) is 3. The van der Waals surface area contributed by atoms with E-state index < -0.39 is 0 Å². The quantitative estimate of drug-likeness (QED) is 0.638. The van der Waals surface area contributed by atoms with Gasteiger partial charge in [-0.15, -0.1) is 0 Å². The SMILES string of the molecule is COCCONCc1ccc(C)cc1Br. The number of ether oxygens (including phenoxy) is 1. The van der Waals surface area contributed by atoms with Crippen molar-refractivity contribution in [2.75, 3.05) is 20.3 Å². The topological polar surface area (TPSA) is 30.5 Å². The highest BCUT2D eigenvalue weighted by Crippen LogP contribution is 2.17. The van der Waals surface area contributed by atoms with Gasteiger partial charge < -0.3 is 4.74 Å². The van der Waals surface area contributed by atoms with E-state index in [2.05, 4.69) is 46.5 Å². The summed E-state index contributed by atoms with van der Waals surface area (Å²) in [6.07, 6.45) is 0. The minimum atomic E-state index is 0.556. The molecule has 1 aromatic carbocycles. The van der Waals surface area contributed by atoms with Gasteiger partial charge in [-0.25, -0.2) is 0 Å². The molecule has 0 aliphatic heterocycles. The summed E-state index contributed by atoms with van der Waals surface area (Å²) in [6.45, 7) is 3.91. The maximum absolute atomic E-state index is 5.17. The lowest BCUT2D eigenvalue weighted by Gasteiger charge is -2.07. The van der Waals surface area contributed by atoms with E-state index in [0.29, 0.717) is 19.8 Å². The summed E-state index contributed by atoms with van der Waals surface area (Å²) in [6, 6.07) is 6.25. The molecule has 0 unspecified atom stereocenters. The average molecular weight is 274 g/mol. The first kappa shape index (κ1) is 12.6. The van der Waals surface area contributed by atoms with Gasteiger partial charge in [0.25, 0.3) is 0 Å². The minimum absolute atomic E-state index is 0.556. The third kappa shape index (κ3) is 4.75. The molecule has 0 heterocycles. The average Bonchev–Trinajstić information content (AvgIpc) is 2.20. The molecule has 4 heteroatoms. The second kappa shape index (κ2) is 6.95. The predicted octanol–water partition coefficient (Wildman–Crippen LogP) is 2.43. The van der Waals surface area contributed by atoms with Crippen LogP contribution in [0.15, 0.2) is 22.7 Å². The number of hydrogen-bond donors (Lipinski definition) is 1. The molecule has 0 aromatic heterocycles. The number of methoxy groups -OCH3 is 1. The molecule has 0 aliphatic rings. The van der Waals surface area contributed by atoms with Crippen LogP contribution in [0, 0.1) is 6.92 Å². The molecule has 0 atom stereocenters. The maximum Gasteiger partial charge on any atom is 0.0916 e. The molecule has 0 radical (unpaired) electrons. The van der Waals surface area contributed by atoms with Crippen LogP contribution < -0.4 is 5.48 Å². The van der Waals surface area contributed by atoms with Gasteiger partial charge in [0, 0.05) is 18.1 Å². The highest BCUT2D eigenvalue weighted by Gasteiger charge is 1.99. The molecule has 84 valence electrons. The van der Waals surface area contributed by atoms with Crippen molar-refractivity contribution in [3.63, 3.8) is 0 Å². The zero-order valence-corrected chi connectivity index (χ0v) is 10.6. The maximum atomic E-state index is 5.17. The van der Waals surface area contributed by atoms with Gasteiger partial charge in [0.2, 0.25) is 0 Å². The molecular formula is C11H16BrNO2. The number of nitrogens with one attached hydrogen (secondary N) is 1. The van der Waals surface area contributed by atoms with E-state index in [1.54, 1.807) is 7.11 Å². The Kier molecular flexibility index (Phi) is 5.86. The molecule has 3 nitrogen and oxygen atoms in total. The molecule has 0 amide bonds. The second-order valence-electron chi connectivity index (χ2n) is 3.26. The summed E-state index contributed by atoms with van der Waals surface area (Å²) >= 11 is 3.51. The summed E-state index contributed by atoms with van der Waals surface area (Å²) < 4.78 is 5.96. The van der Waals surface area contributed by atoms with Crippen LogP contribution in [-0.2, 0) is 16.1 Å². The molecule has 0 bridgehead atoms. The van der Waals surface area contributed by atoms with Crippen LogP contribution in [0.25, 0.3) is 0 Å². The first-order valence-electron chi connectivity index (χ1n) is 4.82. The standard InChI is InChI=1S/C11H16BrNO2/c1-9-3-4-10(11(12)7-9)8-13-15-6-5-14-2/h3-4,7,13H,5-6,8H2,1-2H3. The van der Waals surface area contributed by atoms with E-state index >= 15 is 0 Å². The Hall–Kier alpha value is -0.420. The Labute approximate surface area is 98.9 Å². The Morgan fingerprint density at radius 1 is 1.33 bits per heavy atom. The fraction of sp³-hybridized carbons (Fsp3) is 0.455. The van der Waals surface area contributed by atoms with E-state index in [1.807, 2.05) is 0 Å². The number of halogens is 1. The number of hydroxylamine groups is 1. The summed E-state index contributed by atoms with van der Waals surface area (Å²) in [5.74, 6) is 0.